The molecule has 1 aliphatic rings. The lowest BCUT2D eigenvalue weighted by Crippen LogP contribution is -2.31. The molecule has 1 fully saturated rings. The van der Waals surface area contributed by atoms with Gasteiger partial charge < -0.3 is 19.5 Å². The van der Waals surface area contributed by atoms with E-state index in [-0.39, 0.29) is 24.3 Å². The Balaban J connectivity index is 1.58. The van der Waals surface area contributed by atoms with Crippen molar-refractivity contribution >= 4 is 11.8 Å². The molecule has 1 aliphatic heterocycles. The normalized spacial score (nSPS) is 16.5. The van der Waals surface area contributed by atoms with E-state index >= 15 is 0 Å². The summed E-state index contributed by atoms with van der Waals surface area (Å²) in [4.78, 5) is 30.7. The Morgan fingerprint density at radius 2 is 2.15 bits per heavy atom. The number of aryl methyl sites for hydroxylation is 1. The molecule has 1 unspecified atom stereocenters. The molecular weight excluding hydrogens is 348 g/mol. The lowest BCUT2D eigenvalue weighted by Gasteiger charge is -2.22. The molecular formula is C19H24N4O4. The van der Waals surface area contributed by atoms with Crippen LogP contribution in [0.15, 0.2) is 34.9 Å². The highest BCUT2D eigenvalue weighted by atomic mass is 16.5. The summed E-state index contributed by atoms with van der Waals surface area (Å²) in [5, 5.41) is 6.80. The zero-order valence-corrected chi connectivity index (χ0v) is 15.4. The number of amides is 2. The second-order valence-electron chi connectivity index (χ2n) is 6.41. The third-order valence-electron chi connectivity index (χ3n) is 4.51. The van der Waals surface area contributed by atoms with Crippen molar-refractivity contribution in [3.8, 4) is 0 Å². The van der Waals surface area contributed by atoms with Crippen LogP contribution in [0.5, 0.6) is 0 Å². The van der Waals surface area contributed by atoms with Gasteiger partial charge in [0.2, 0.25) is 11.8 Å². The quantitative estimate of drug-likeness (QED) is 0.709. The standard InChI is InChI=1S/C19H24N4O4/c1-26-13-11-20-16(24)9-10-17-21-18(22-27-17)15-8-5-12-23(15)19(25)14-6-3-2-4-7-14/h2-4,6-7,15H,5,8-13H2,1H3,(H,20,24). The van der Waals surface area contributed by atoms with Crippen LogP contribution in [0.2, 0.25) is 0 Å². The van der Waals surface area contributed by atoms with Crippen molar-refractivity contribution in [3.05, 3.63) is 47.6 Å². The Labute approximate surface area is 157 Å². The van der Waals surface area contributed by atoms with Crippen molar-refractivity contribution < 1.29 is 18.8 Å². The molecule has 1 atom stereocenters. The molecule has 8 nitrogen and oxygen atoms in total. The predicted octanol–water partition coefficient (Wildman–Crippen LogP) is 1.74. The molecule has 0 bridgehead atoms. The fourth-order valence-corrected chi connectivity index (χ4v) is 3.13. The summed E-state index contributed by atoms with van der Waals surface area (Å²) in [7, 11) is 1.58. The molecule has 0 radical (unpaired) electrons. The highest BCUT2D eigenvalue weighted by molar-refractivity contribution is 5.94. The SMILES string of the molecule is COCCNC(=O)CCc1nc(C2CCCN2C(=O)c2ccccc2)no1. The van der Waals surface area contributed by atoms with Gasteiger partial charge in [-0.05, 0) is 25.0 Å². The number of methoxy groups -OCH3 is 1. The molecule has 1 aromatic carbocycles. The first kappa shape index (κ1) is 19.0. The number of hydrogen-bond donors (Lipinski definition) is 1. The van der Waals surface area contributed by atoms with E-state index in [2.05, 4.69) is 15.5 Å². The molecule has 2 heterocycles. The Bertz CT molecular complexity index is 762. The van der Waals surface area contributed by atoms with Crippen molar-refractivity contribution in [2.24, 2.45) is 0 Å². The van der Waals surface area contributed by atoms with Gasteiger partial charge in [0.15, 0.2) is 5.82 Å². The maximum absolute atomic E-state index is 12.8. The highest BCUT2D eigenvalue weighted by Gasteiger charge is 2.33. The van der Waals surface area contributed by atoms with Crippen LogP contribution < -0.4 is 5.32 Å². The lowest BCUT2D eigenvalue weighted by atomic mass is 10.1. The van der Waals surface area contributed by atoms with Crippen molar-refractivity contribution in [1.82, 2.24) is 20.4 Å². The summed E-state index contributed by atoms with van der Waals surface area (Å²) < 4.78 is 10.2. The number of hydrogen-bond acceptors (Lipinski definition) is 6. The summed E-state index contributed by atoms with van der Waals surface area (Å²) in [5.74, 6) is 0.799. The molecule has 0 aliphatic carbocycles. The third-order valence-corrected chi connectivity index (χ3v) is 4.51. The van der Waals surface area contributed by atoms with E-state index in [4.69, 9.17) is 9.26 Å². The van der Waals surface area contributed by atoms with Gasteiger partial charge in [0.05, 0.1) is 12.6 Å². The molecule has 0 saturated carbocycles. The fourth-order valence-electron chi connectivity index (χ4n) is 3.13. The molecule has 144 valence electrons. The maximum Gasteiger partial charge on any atom is 0.254 e. The van der Waals surface area contributed by atoms with Gasteiger partial charge in [-0.1, -0.05) is 23.4 Å². The van der Waals surface area contributed by atoms with Crippen LogP contribution in [0.3, 0.4) is 0 Å². The predicted molar refractivity (Wildman–Crippen MR) is 97.0 cm³/mol. The van der Waals surface area contributed by atoms with E-state index in [0.29, 0.717) is 43.4 Å². The molecule has 2 aromatic rings. The first-order valence-corrected chi connectivity index (χ1v) is 9.13. The van der Waals surface area contributed by atoms with Gasteiger partial charge >= 0.3 is 0 Å². The second-order valence-corrected chi connectivity index (χ2v) is 6.41. The van der Waals surface area contributed by atoms with E-state index in [1.807, 2.05) is 30.3 Å². The molecule has 2 amide bonds. The molecule has 1 saturated heterocycles. The zero-order valence-electron chi connectivity index (χ0n) is 15.4. The summed E-state index contributed by atoms with van der Waals surface area (Å²) >= 11 is 0. The summed E-state index contributed by atoms with van der Waals surface area (Å²) in [5.41, 5.74) is 0.654. The minimum atomic E-state index is -0.189. The molecule has 3 rings (SSSR count). The van der Waals surface area contributed by atoms with Crippen LogP contribution >= 0.6 is 0 Å². The second kappa shape index (κ2) is 9.27. The maximum atomic E-state index is 12.8. The number of nitrogens with one attached hydrogen (secondary N) is 1. The first-order valence-electron chi connectivity index (χ1n) is 9.13. The Morgan fingerprint density at radius 1 is 1.33 bits per heavy atom. The number of rotatable bonds is 8. The number of aromatic nitrogens is 2. The average Bonchev–Trinajstić information content (AvgIpc) is 3.36. The monoisotopic (exact) mass is 372 g/mol. The van der Waals surface area contributed by atoms with Gasteiger partial charge in [-0.15, -0.1) is 0 Å². The number of likely N-dealkylation sites (tertiary alicyclic amines) is 1. The molecule has 8 heteroatoms. The molecule has 27 heavy (non-hydrogen) atoms. The van der Waals surface area contributed by atoms with Crippen molar-refractivity contribution in [2.75, 3.05) is 26.8 Å². The van der Waals surface area contributed by atoms with Gasteiger partial charge in [-0.25, -0.2) is 0 Å². The third kappa shape index (κ3) is 4.91. The van der Waals surface area contributed by atoms with Crippen molar-refractivity contribution in [2.45, 2.75) is 31.7 Å². The average molecular weight is 372 g/mol. The largest absolute Gasteiger partial charge is 0.383 e. The summed E-state index contributed by atoms with van der Waals surface area (Å²) in [6, 6.07) is 9.01. The van der Waals surface area contributed by atoms with E-state index in [9.17, 15) is 9.59 Å². The summed E-state index contributed by atoms with van der Waals surface area (Å²) in [6.07, 6.45) is 2.33. The van der Waals surface area contributed by atoms with Crippen LogP contribution in [-0.4, -0.2) is 53.7 Å². The van der Waals surface area contributed by atoms with Crippen molar-refractivity contribution in [1.29, 1.82) is 0 Å². The molecule has 1 N–H and O–H groups in total. The number of benzene rings is 1. The number of nitrogens with zero attached hydrogens (tertiary/aromatic N) is 3. The van der Waals surface area contributed by atoms with Gasteiger partial charge in [0.25, 0.3) is 5.91 Å². The number of ether oxygens (including phenoxy) is 1. The van der Waals surface area contributed by atoms with E-state index in [0.717, 1.165) is 12.8 Å². The van der Waals surface area contributed by atoms with Crippen molar-refractivity contribution in [3.63, 3.8) is 0 Å². The molecule has 1 aromatic heterocycles. The van der Waals surface area contributed by atoms with Crippen LogP contribution in [-0.2, 0) is 16.0 Å². The van der Waals surface area contributed by atoms with E-state index in [1.165, 1.54) is 0 Å². The highest BCUT2D eigenvalue weighted by Crippen LogP contribution is 2.31. The number of carbonyl (C=O) groups excluding carboxylic acids is 2. The lowest BCUT2D eigenvalue weighted by molar-refractivity contribution is -0.121. The van der Waals surface area contributed by atoms with Crippen LogP contribution in [0.4, 0.5) is 0 Å². The van der Waals surface area contributed by atoms with Gasteiger partial charge in [0.1, 0.15) is 0 Å². The van der Waals surface area contributed by atoms with E-state index in [1.54, 1.807) is 12.0 Å². The minimum Gasteiger partial charge on any atom is -0.383 e. The van der Waals surface area contributed by atoms with Crippen LogP contribution in [0, 0.1) is 0 Å². The van der Waals surface area contributed by atoms with Crippen LogP contribution in [0.25, 0.3) is 0 Å². The fraction of sp³-hybridized carbons (Fsp3) is 0.474. The first-order chi connectivity index (χ1) is 13.2. The smallest absolute Gasteiger partial charge is 0.254 e. The molecule has 0 spiro atoms. The van der Waals surface area contributed by atoms with E-state index < -0.39 is 0 Å². The van der Waals surface area contributed by atoms with Gasteiger partial charge in [0, 0.05) is 38.6 Å². The number of carbonyl (C=O) groups is 2. The topological polar surface area (TPSA) is 97.6 Å². The van der Waals surface area contributed by atoms with Gasteiger partial charge in [-0.3, -0.25) is 9.59 Å². The zero-order chi connectivity index (χ0) is 19.1. The Morgan fingerprint density at radius 3 is 2.93 bits per heavy atom. The van der Waals surface area contributed by atoms with Gasteiger partial charge in [-0.2, -0.15) is 4.98 Å². The van der Waals surface area contributed by atoms with Crippen LogP contribution in [0.1, 0.15) is 47.4 Å². The minimum absolute atomic E-state index is 0.0260. The Hall–Kier alpha value is -2.74. The Kier molecular flexibility index (Phi) is 6.54. The summed E-state index contributed by atoms with van der Waals surface area (Å²) in [6.45, 7) is 1.62.